The largest absolute Gasteiger partial charge is 0.328 e. The van der Waals surface area contributed by atoms with Gasteiger partial charge in [0.2, 0.25) is 0 Å². The highest BCUT2D eigenvalue weighted by Crippen LogP contribution is 2.08. The number of rotatable bonds is 9. The van der Waals surface area contributed by atoms with Gasteiger partial charge in [0.1, 0.15) is 0 Å². The molecular formula is C10H23NO3S. The van der Waals surface area contributed by atoms with E-state index in [0.29, 0.717) is 6.42 Å². The molecule has 92 valence electrons. The Kier molecular flexibility index (Phi) is 8.00. The normalized spacial score (nSPS) is 14.1. The summed E-state index contributed by atoms with van der Waals surface area (Å²) in [7, 11) is -3.84. The second-order valence-corrected chi connectivity index (χ2v) is 5.61. The number of unbranched alkanes of at least 4 members (excludes halogenated alkanes) is 4. The fourth-order valence-electron chi connectivity index (χ4n) is 1.45. The van der Waals surface area contributed by atoms with Gasteiger partial charge in [0, 0.05) is 6.04 Å². The SMILES string of the molecule is CCCCCCCC(N)CCS(=O)(=O)O. The van der Waals surface area contributed by atoms with Crippen molar-refractivity contribution in [3.63, 3.8) is 0 Å². The Morgan fingerprint density at radius 1 is 1.13 bits per heavy atom. The topological polar surface area (TPSA) is 80.4 Å². The minimum absolute atomic E-state index is 0.103. The number of nitrogens with two attached hydrogens (primary N) is 1. The summed E-state index contributed by atoms with van der Waals surface area (Å²) in [5.74, 6) is -0.219. The van der Waals surface area contributed by atoms with Crippen molar-refractivity contribution in [2.45, 2.75) is 57.9 Å². The molecule has 0 amide bonds. The van der Waals surface area contributed by atoms with Crippen LogP contribution in [-0.4, -0.2) is 24.8 Å². The van der Waals surface area contributed by atoms with E-state index in [1.54, 1.807) is 0 Å². The molecule has 0 bridgehead atoms. The molecular weight excluding hydrogens is 214 g/mol. The predicted molar refractivity (Wildman–Crippen MR) is 62.4 cm³/mol. The van der Waals surface area contributed by atoms with Crippen LogP contribution in [0.1, 0.15) is 51.9 Å². The highest BCUT2D eigenvalue weighted by molar-refractivity contribution is 7.85. The van der Waals surface area contributed by atoms with E-state index in [1.807, 2.05) is 0 Å². The molecule has 0 radical (unpaired) electrons. The van der Waals surface area contributed by atoms with Crippen LogP contribution in [-0.2, 0) is 10.1 Å². The summed E-state index contributed by atoms with van der Waals surface area (Å²) < 4.78 is 29.4. The van der Waals surface area contributed by atoms with E-state index in [1.165, 1.54) is 19.3 Å². The lowest BCUT2D eigenvalue weighted by atomic mass is 10.1. The molecule has 0 rings (SSSR count). The summed E-state index contributed by atoms with van der Waals surface area (Å²) >= 11 is 0. The van der Waals surface area contributed by atoms with Crippen molar-refractivity contribution < 1.29 is 13.0 Å². The van der Waals surface area contributed by atoms with Crippen LogP contribution in [0, 0.1) is 0 Å². The van der Waals surface area contributed by atoms with Gasteiger partial charge >= 0.3 is 0 Å². The van der Waals surface area contributed by atoms with E-state index in [2.05, 4.69) is 6.92 Å². The van der Waals surface area contributed by atoms with Gasteiger partial charge in [-0.1, -0.05) is 39.0 Å². The fourth-order valence-corrected chi connectivity index (χ4v) is 2.06. The predicted octanol–water partition coefficient (Wildman–Crippen LogP) is 1.95. The Balaban J connectivity index is 3.37. The van der Waals surface area contributed by atoms with Crippen molar-refractivity contribution in [3.05, 3.63) is 0 Å². The molecule has 0 aliphatic rings. The Bertz CT molecular complexity index is 239. The third kappa shape index (κ3) is 11.8. The third-order valence-electron chi connectivity index (χ3n) is 2.43. The quantitative estimate of drug-likeness (QED) is 0.474. The summed E-state index contributed by atoms with van der Waals surface area (Å²) in [5.41, 5.74) is 5.72. The van der Waals surface area contributed by atoms with Crippen LogP contribution in [0.4, 0.5) is 0 Å². The molecule has 4 nitrogen and oxygen atoms in total. The highest BCUT2D eigenvalue weighted by Gasteiger charge is 2.09. The van der Waals surface area contributed by atoms with Gasteiger partial charge in [-0.15, -0.1) is 0 Å². The second-order valence-electron chi connectivity index (χ2n) is 4.04. The van der Waals surface area contributed by atoms with Crippen LogP contribution in [0.3, 0.4) is 0 Å². The Morgan fingerprint density at radius 2 is 1.73 bits per heavy atom. The third-order valence-corrected chi connectivity index (χ3v) is 3.18. The average Bonchev–Trinajstić information content (AvgIpc) is 2.13. The first kappa shape index (κ1) is 14.9. The number of hydrogen-bond acceptors (Lipinski definition) is 3. The van der Waals surface area contributed by atoms with Crippen LogP contribution in [0.25, 0.3) is 0 Å². The minimum atomic E-state index is -3.84. The van der Waals surface area contributed by atoms with Gasteiger partial charge in [-0.2, -0.15) is 8.42 Å². The maximum atomic E-state index is 10.5. The minimum Gasteiger partial charge on any atom is -0.328 e. The van der Waals surface area contributed by atoms with E-state index in [4.69, 9.17) is 10.3 Å². The van der Waals surface area contributed by atoms with Crippen molar-refractivity contribution >= 4 is 10.1 Å². The van der Waals surface area contributed by atoms with Gasteiger partial charge in [0.05, 0.1) is 5.75 Å². The average molecular weight is 237 g/mol. The standard InChI is InChI=1S/C10H23NO3S/c1-2-3-4-5-6-7-10(11)8-9-15(12,13)14/h10H,2-9,11H2,1H3,(H,12,13,14). The lowest BCUT2D eigenvalue weighted by Crippen LogP contribution is -2.23. The summed E-state index contributed by atoms with van der Waals surface area (Å²) in [4.78, 5) is 0. The summed E-state index contributed by atoms with van der Waals surface area (Å²) in [5, 5.41) is 0. The Labute approximate surface area is 93.0 Å². The molecule has 0 fully saturated rings. The molecule has 0 aromatic rings. The van der Waals surface area contributed by atoms with Gasteiger partial charge in [-0.05, 0) is 12.8 Å². The van der Waals surface area contributed by atoms with E-state index in [9.17, 15) is 8.42 Å². The highest BCUT2D eigenvalue weighted by atomic mass is 32.2. The zero-order chi connectivity index (χ0) is 11.7. The van der Waals surface area contributed by atoms with Gasteiger partial charge < -0.3 is 5.73 Å². The zero-order valence-electron chi connectivity index (χ0n) is 9.48. The molecule has 0 aromatic carbocycles. The van der Waals surface area contributed by atoms with Crippen molar-refractivity contribution in [2.75, 3.05) is 5.75 Å². The van der Waals surface area contributed by atoms with Gasteiger partial charge in [-0.25, -0.2) is 0 Å². The molecule has 0 saturated carbocycles. The zero-order valence-corrected chi connectivity index (χ0v) is 10.3. The molecule has 0 aliphatic carbocycles. The maximum absolute atomic E-state index is 10.5. The van der Waals surface area contributed by atoms with Crippen molar-refractivity contribution in [2.24, 2.45) is 5.73 Å². The van der Waals surface area contributed by atoms with Crippen LogP contribution in [0.15, 0.2) is 0 Å². The summed E-state index contributed by atoms with van der Waals surface area (Å²) in [6.07, 6.45) is 7.10. The second kappa shape index (κ2) is 8.07. The van der Waals surface area contributed by atoms with E-state index in [-0.39, 0.29) is 11.8 Å². The number of hydrogen-bond donors (Lipinski definition) is 2. The van der Waals surface area contributed by atoms with Crippen LogP contribution in [0.5, 0.6) is 0 Å². The molecule has 5 heteroatoms. The smallest absolute Gasteiger partial charge is 0.264 e. The van der Waals surface area contributed by atoms with Gasteiger partial charge in [0.25, 0.3) is 10.1 Å². The van der Waals surface area contributed by atoms with Gasteiger partial charge in [0.15, 0.2) is 0 Å². The molecule has 3 N–H and O–H groups in total. The Morgan fingerprint density at radius 3 is 2.27 bits per heavy atom. The van der Waals surface area contributed by atoms with Gasteiger partial charge in [-0.3, -0.25) is 4.55 Å². The first-order valence-corrected chi connectivity index (χ1v) is 7.27. The monoisotopic (exact) mass is 237 g/mol. The molecule has 0 aromatic heterocycles. The molecule has 0 saturated heterocycles. The van der Waals surface area contributed by atoms with E-state index < -0.39 is 10.1 Å². The van der Waals surface area contributed by atoms with Crippen molar-refractivity contribution in [3.8, 4) is 0 Å². The molecule has 15 heavy (non-hydrogen) atoms. The maximum Gasteiger partial charge on any atom is 0.264 e. The first-order chi connectivity index (χ1) is 6.95. The van der Waals surface area contributed by atoms with Crippen LogP contribution in [0.2, 0.25) is 0 Å². The molecule has 1 atom stereocenters. The van der Waals surface area contributed by atoms with Crippen molar-refractivity contribution in [1.82, 2.24) is 0 Å². The molecule has 0 aliphatic heterocycles. The summed E-state index contributed by atoms with van der Waals surface area (Å²) in [6, 6.07) is -0.103. The Hall–Kier alpha value is -0.130. The molecule has 0 heterocycles. The van der Waals surface area contributed by atoms with E-state index >= 15 is 0 Å². The summed E-state index contributed by atoms with van der Waals surface area (Å²) in [6.45, 7) is 2.16. The lowest BCUT2D eigenvalue weighted by molar-refractivity contribution is 0.470. The molecule has 0 spiro atoms. The van der Waals surface area contributed by atoms with Crippen LogP contribution < -0.4 is 5.73 Å². The molecule has 1 unspecified atom stereocenters. The first-order valence-electron chi connectivity index (χ1n) is 5.66. The lowest BCUT2D eigenvalue weighted by Gasteiger charge is -2.09. The van der Waals surface area contributed by atoms with E-state index in [0.717, 1.165) is 19.3 Å². The fraction of sp³-hybridized carbons (Fsp3) is 1.00. The van der Waals surface area contributed by atoms with Crippen LogP contribution >= 0.6 is 0 Å². The van der Waals surface area contributed by atoms with Crippen molar-refractivity contribution in [1.29, 1.82) is 0 Å².